The van der Waals surface area contributed by atoms with Gasteiger partial charge in [-0.25, -0.2) is 29.9 Å². The van der Waals surface area contributed by atoms with E-state index in [9.17, 15) is 0 Å². The van der Waals surface area contributed by atoms with Crippen LogP contribution in [0.4, 0.5) is 0 Å². The van der Waals surface area contributed by atoms with Crippen molar-refractivity contribution in [3.8, 4) is 69.2 Å². The van der Waals surface area contributed by atoms with E-state index in [1.807, 2.05) is 70.6 Å². The van der Waals surface area contributed by atoms with Gasteiger partial charge in [-0.05, 0) is 144 Å². The van der Waals surface area contributed by atoms with Crippen LogP contribution in [0.3, 0.4) is 0 Å². The Kier molecular flexibility index (Phi) is 28.5. The van der Waals surface area contributed by atoms with E-state index in [2.05, 4.69) is 157 Å². The van der Waals surface area contributed by atoms with Gasteiger partial charge in [-0.15, -0.1) is 70.6 Å². The summed E-state index contributed by atoms with van der Waals surface area (Å²) in [6.45, 7) is 13.8. The van der Waals surface area contributed by atoms with Crippen LogP contribution in [0.25, 0.3) is 89.7 Å². The molecule has 5 aromatic heterocycles. The number of nitrogens with zero attached hydrogens (tertiary/aromatic N) is 6. The number of hydrogen-bond acceptors (Lipinski definition) is 14. The fourth-order valence-electron chi connectivity index (χ4n) is 12.0. The van der Waals surface area contributed by atoms with Crippen molar-refractivity contribution in [2.45, 2.75) is 225 Å². The number of rotatable bonds is 36. The number of hydrogen-bond donors (Lipinski definition) is 2. The van der Waals surface area contributed by atoms with Crippen molar-refractivity contribution < 1.29 is 0 Å². The van der Waals surface area contributed by atoms with E-state index in [0.29, 0.717) is 34.6 Å². The third kappa shape index (κ3) is 19.2. The molecule has 0 fully saturated rings. The molecule has 0 aliphatic carbocycles. The highest BCUT2D eigenvalue weighted by atomic mass is 32.2. The fourth-order valence-corrected chi connectivity index (χ4v) is 20.0. The van der Waals surface area contributed by atoms with Crippen LogP contribution in [-0.2, 0) is 0 Å². The predicted octanol–water partition coefficient (Wildman–Crippen LogP) is 25.8. The first-order valence-electron chi connectivity index (χ1n) is 35.8. The lowest BCUT2D eigenvalue weighted by atomic mass is 9.98. The Morgan fingerprint density at radius 2 is 0.562 bits per heavy atom. The summed E-state index contributed by atoms with van der Waals surface area (Å²) in [7, 11) is 0. The quantitative estimate of drug-likeness (QED) is 0.0222. The lowest BCUT2D eigenvalue weighted by Gasteiger charge is -2.12. The van der Waals surface area contributed by atoms with Gasteiger partial charge in [-0.2, -0.15) is 22.7 Å². The number of thioether (sulfide) groups is 6. The average Bonchev–Trinajstić information content (AvgIpc) is 1.59. The zero-order valence-electron chi connectivity index (χ0n) is 57.2. The highest BCUT2D eigenvalue weighted by Gasteiger charge is 2.27. The fraction of sp³-hybridized carbons (Fsp3) is 0.450. The van der Waals surface area contributed by atoms with E-state index >= 15 is 0 Å². The zero-order chi connectivity index (χ0) is 66.3. The van der Waals surface area contributed by atoms with Crippen molar-refractivity contribution in [3.63, 3.8) is 0 Å². The number of aromatic nitrogens is 8. The van der Waals surface area contributed by atoms with Gasteiger partial charge in [0, 0.05) is 106 Å². The summed E-state index contributed by atoms with van der Waals surface area (Å²) in [4.78, 5) is 49.7. The molecule has 4 aromatic carbocycles. The Balaban J connectivity index is 1.22. The van der Waals surface area contributed by atoms with Crippen LogP contribution in [0.1, 0.15) is 218 Å². The zero-order valence-corrected chi connectivity index (χ0v) is 63.8. The molecule has 8 nitrogen and oxygen atoms in total. The van der Waals surface area contributed by atoms with Crippen LogP contribution >= 0.6 is 93.2 Å². The molecule has 7 heterocycles. The summed E-state index contributed by atoms with van der Waals surface area (Å²) in [6, 6.07) is 22.8. The Hall–Kier alpha value is -5.14. The van der Waals surface area contributed by atoms with Gasteiger partial charge in [0.05, 0.1) is 0 Å². The molecular formula is C80H94N8S8. The van der Waals surface area contributed by atoms with Gasteiger partial charge >= 0.3 is 0 Å². The Morgan fingerprint density at radius 1 is 0.302 bits per heavy atom. The lowest BCUT2D eigenvalue weighted by molar-refractivity contribution is 0.706. The molecule has 8 bridgehead atoms. The van der Waals surface area contributed by atoms with Gasteiger partial charge in [-0.3, -0.25) is 0 Å². The van der Waals surface area contributed by atoms with Crippen LogP contribution in [-0.4, -0.2) is 74.4 Å². The van der Waals surface area contributed by atoms with Crippen molar-refractivity contribution >= 4 is 137 Å². The monoisotopic (exact) mass is 1420 g/mol. The van der Waals surface area contributed by atoms with Gasteiger partial charge in [0.15, 0.2) is 23.3 Å². The minimum absolute atomic E-state index is 0.551. The molecule has 11 rings (SSSR count). The van der Waals surface area contributed by atoms with Gasteiger partial charge in [-0.1, -0.05) is 181 Å². The minimum atomic E-state index is 0.551. The number of unbranched alkanes of at least 4 members (excludes halogenated alkanes) is 18. The normalized spacial score (nSPS) is 11.7. The molecule has 0 radical (unpaired) electrons. The largest absolute Gasteiger partial charge is 0.324 e. The molecule has 0 saturated heterocycles. The van der Waals surface area contributed by atoms with Crippen molar-refractivity contribution in [2.24, 2.45) is 0 Å². The topological polar surface area (TPSA) is 109 Å². The Labute approximate surface area is 605 Å². The third-order valence-corrected chi connectivity index (χ3v) is 26.0. The molecule has 96 heavy (non-hydrogen) atoms. The van der Waals surface area contributed by atoms with E-state index in [1.54, 1.807) is 22.7 Å². The molecule has 2 N–H and O–H groups in total. The summed E-state index contributed by atoms with van der Waals surface area (Å²) in [5.74, 6) is 22.8. The number of thiophene rings is 2. The van der Waals surface area contributed by atoms with Gasteiger partial charge in [0.2, 0.25) is 0 Å². The van der Waals surface area contributed by atoms with Crippen molar-refractivity contribution in [1.82, 2.24) is 39.9 Å². The van der Waals surface area contributed by atoms with E-state index in [-0.39, 0.29) is 0 Å². The second-order valence-electron chi connectivity index (χ2n) is 25.1. The van der Waals surface area contributed by atoms with Crippen molar-refractivity contribution in [2.75, 3.05) is 34.5 Å². The maximum atomic E-state index is 5.76. The summed E-state index contributed by atoms with van der Waals surface area (Å²) in [5.41, 5.74) is 10.1. The summed E-state index contributed by atoms with van der Waals surface area (Å²) in [5, 5.41) is 12.4. The number of nitrogens with one attached hydrogen (secondary N) is 2. The second kappa shape index (κ2) is 37.9. The molecule has 0 amide bonds. The summed E-state index contributed by atoms with van der Waals surface area (Å²) in [6.07, 6.45) is 29.3. The smallest absolute Gasteiger partial charge is 0.164 e. The number of aromatic amines is 2. The van der Waals surface area contributed by atoms with Crippen LogP contribution in [0, 0.1) is 23.7 Å². The second-order valence-corrected chi connectivity index (χ2v) is 33.4. The summed E-state index contributed by atoms with van der Waals surface area (Å²) >= 11 is 15.2. The van der Waals surface area contributed by atoms with Crippen LogP contribution in [0.15, 0.2) is 112 Å². The molecule has 9 aromatic rings. The molecule has 0 unspecified atom stereocenters. The SMILES string of the molecule is CCCCCCSc1cc2c(cc1SCCCCCC)-c1nc-2nc2[nH]c(nc3nc(nc4[nH]c(n1)c1cc(SCCCCCC)c(SCCCCCC)cc41)-c1cc(C#Cc4ccsc4)c(C#Cc4ccsc4)cc1-3)c1cc(SCCCCCC)c(SCCCCCC)cc21. The van der Waals surface area contributed by atoms with Gasteiger partial charge < -0.3 is 9.97 Å². The standard InChI is InChI=1S/C80H94N8S8/c1-7-13-19-25-37-91-67-47-61-63(49-69(67)93-39-27-21-15-9-3)77-84-75(61)82-73-59-45-57(33-31-55-35-43-89-53-55)58(34-32-56-36-44-90-54-56)46-60(59)74(81-73)83-76-62-48-68(92-38-26-20-14-8-2)70(94-40-28-22-16-10-4)50-64(62)78(85-76)87-80-66-52-72(96-42-30-24-18-12-6)71(95-41-29-23-17-11-5)51-65(66)79(86-77)88-80/h35-36,43-54H,7-30,37-42H2,1-6H3,(H2,81,82,83,84,85,86,87,88). The van der Waals surface area contributed by atoms with Gasteiger partial charge in [0.1, 0.15) is 22.6 Å². The van der Waals surface area contributed by atoms with E-state index < -0.39 is 0 Å². The molecule has 0 atom stereocenters. The van der Waals surface area contributed by atoms with E-state index in [0.717, 1.165) is 112 Å². The first kappa shape index (κ1) is 72.1. The molecule has 0 spiro atoms. The maximum Gasteiger partial charge on any atom is 0.164 e. The average molecular weight is 1420 g/mol. The molecule has 0 saturated carbocycles. The number of H-pyrrole nitrogens is 2. The van der Waals surface area contributed by atoms with Crippen molar-refractivity contribution in [3.05, 3.63) is 104 Å². The van der Waals surface area contributed by atoms with Crippen LogP contribution in [0.2, 0.25) is 0 Å². The predicted molar refractivity (Wildman–Crippen MR) is 426 cm³/mol. The lowest BCUT2D eigenvalue weighted by Crippen LogP contribution is -1.90. The van der Waals surface area contributed by atoms with Crippen molar-refractivity contribution in [1.29, 1.82) is 0 Å². The molecule has 2 aliphatic heterocycles. The molecule has 502 valence electrons. The van der Waals surface area contributed by atoms with E-state index in [1.165, 1.54) is 183 Å². The van der Waals surface area contributed by atoms with Crippen LogP contribution in [0.5, 0.6) is 0 Å². The first-order chi connectivity index (χ1) is 47.4. The minimum Gasteiger partial charge on any atom is -0.324 e. The summed E-state index contributed by atoms with van der Waals surface area (Å²) < 4.78 is 0. The van der Waals surface area contributed by atoms with E-state index in [4.69, 9.17) is 29.9 Å². The molecular weight excluding hydrogens is 1330 g/mol. The van der Waals surface area contributed by atoms with Gasteiger partial charge in [0.25, 0.3) is 0 Å². The first-order valence-corrected chi connectivity index (χ1v) is 43.6. The van der Waals surface area contributed by atoms with Crippen LogP contribution < -0.4 is 0 Å². The number of benzene rings is 4. The highest BCUT2D eigenvalue weighted by molar-refractivity contribution is 8.03. The Morgan fingerprint density at radius 3 is 0.812 bits per heavy atom. The molecule has 2 aliphatic rings. The maximum absolute atomic E-state index is 5.76. The highest BCUT2D eigenvalue weighted by Crippen LogP contribution is 2.46. The number of fused-ring (bicyclic) bond motifs is 20. The Bertz CT molecular complexity index is 4070. The molecule has 16 heteroatoms. The third-order valence-electron chi connectivity index (χ3n) is 17.4.